The van der Waals surface area contributed by atoms with Gasteiger partial charge in [0.05, 0.1) is 0 Å². The number of nitrogens with one attached hydrogen (secondary N) is 1. The van der Waals surface area contributed by atoms with E-state index < -0.39 is 5.50 Å². The Labute approximate surface area is 87.5 Å². The molecule has 0 radical (unpaired) electrons. The van der Waals surface area contributed by atoms with Gasteiger partial charge in [-0.15, -0.1) is 0 Å². The zero-order valence-electron chi connectivity index (χ0n) is 7.51. The van der Waals surface area contributed by atoms with Crippen molar-refractivity contribution in [2.24, 2.45) is 15.7 Å². The van der Waals surface area contributed by atoms with E-state index in [-0.39, 0.29) is 11.1 Å². The van der Waals surface area contributed by atoms with E-state index in [1.54, 1.807) is 0 Å². The number of guanidine groups is 1. The average Bonchev–Trinajstić information content (AvgIpc) is 2.01. The van der Waals surface area contributed by atoms with Crippen molar-refractivity contribution in [3.8, 4) is 0 Å². The molecule has 0 amide bonds. The molecule has 1 heterocycles. The summed E-state index contributed by atoms with van der Waals surface area (Å²) < 4.78 is 0. The molecule has 0 aromatic rings. The second-order valence-electron chi connectivity index (χ2n) is 2.25. The lowest BCUT2D eigenvalue weighted by Gasteiger charge is -2.11. The molecule has 0 aromatic heterocycles. The maximum absolute atomic E-state index is 5.62. The molecule has 0 fully saturated rings. The quantitative estimate of drug-likeness (QED) is 0.473. The number of hydrogen-bond donors (Lipinski definition) is 2. The van der Waals surface area contributed by atoms with Gasteiger partial charge in [-0.1, -0.05) is 29.8 Å². The summed E-state index contributed by atoms with van der Waals surface area (Å²) in [7, 11) is 3.75. The molecule has 0 aliphatic carbocycles. The van der Waals surface area contributed by atoms with Crippen molar-refractivity contribution in [2.45, 2.75) is 5.50 Å². The SMILES string of the molecule is C=C1C(Cl)=NC(N)=NC1Cl.CNC. The van der Waals surface area contributed by atoms with Gasteiger partial charge in [0, 0.05) is 5.57 Å². The van der Waals surface area contributed by atoms with E-state index >= 15 is 0 Å². The van der Waals surface area contributed by atoms with Crippen LogP contribution in [0.5, 0.6) is 0 Å². The standard InChI is InChI=1S/C5H5Cl2N3.C2H7N/c1-2-3(6)9-5(8)10-4(2)7;1-3-2/h3H,1H2,(H2,8,9);3H,1-2H3. The first kappa shape index (κ1) is 12.4. The number of nitrogens with two attached hydrogens (primary N) is 1. The van der Waals surface area contributed by atoms with E-state index in [0.29, 0.717) is 5.57 Å². The Morgan fingerprint density at radius 3 is 2.38 bits per heavy atom. The number of alkyl halides is 1. The van der Waals surface area contributed by atoms with E-state index in [4.69, 9.17) is 28.9 Å². The Morgan fingerprint density at radius 2 is 2.00 bits per heavy atom. The van der Waals surface area contributed by atoms with Crippen LogP contribution in [-0.2, 0) is 0 Å². The second-order valence-corrected chi connectivity index (χ2v) is 3.02. The Morgan fingerprint density at radius 1 is 1.54 bits per heavy atom. The number of nitrogens with zero attached hydrogens (tertiary/aromatic N) is 2. The molecule has 0 saturated heterocycles. The zero-order chi connectivity index (χ0) is 10.4. The van der Waals surface area contributed by atoms with Gasteiger partial charge in [-0.2, -0.15) is 0 Å². The van der Waals surface area contributed by atoms with Crippen LogP contribution in [-0.4, -0.2) is 30.7 Å². The first-order valence-electron chi connectivity index (χ1n) is 3.52. The van der Waals surface area contributed by atoms with Gasteiger partial charge in [0.15, 0.2) is 5.50 Å². The molecule has 4 nitrogen and oxygen atoms in total. The molecule has 74 valence electrons. The van der Waals surface area contributed by atoms with Crippen LogP contribution in [0.4, 0.5) is 0 Å². The lowest BCUT2D eigenvalue weighted by Crippen LogP contribution is -2.21. The highest BCUT2D eigenvalue weighted by molar-refractivity contribution is 6.71. The van der Waals surface area contributed by atoms with E-state index in [0.717, 1.165) is 0 Å². The van der Waals surface area contributed by atoms with Gasteiger partial charge in [0.25, 0.3) is 0 Å². The summed E-state index contributed by atoms with van der Waals surface area (Å²) in [6.45, 7) is 3.55. The molecular formula is C7H12Cl2N4. The van der Waals surface area contributed by atoms with Crippen LogP contribution in [0.3, 0.4) is 0 Å². The van der Waals surface area contributed by atoms with Crippen LogP contribution < -0.4 is 11.1 Å². The van der Waals surface area contributed by atoms with Gasteiger partial charge in [0.2, 0.25) is 5.96 Å². The van der Waals surface area contributed by atoms with Crippen LogP contribution >= 0.6 is 23.2 Å². The minimum Gasteiger partial charge on any atom is -0.368 e. The molecule has 1 rings (SSSR count). The van der Waals surface area contributed by atoms with Crippen LogP contribution in [0.2, 0.25) is 0 Å². The minimum absolute atomic E-state index is 0.0948. The van der Waals surface area contributed by atoms with Gasteiger partial charge >= 0.3 is 0 Å². The molecule has 1 atom stereocenters. The summed E-state index contributed by atoms with van der Waals surface area (Å²) in [6, 6.07) is 0. The van der Waals surface area contributed by atoms with E-state index in [9.17, 15) is 0 Å². The summed E-state index contributed by atoms with van der Waals surface area (Å²) in [6.07, 6.45) is 0. The van der Waals surface area contributed by atoms with E-state index in [2.05, 4.69) is 21.9 Å². The number of halogens is 2. The van der Waals surface area contributed by atoms with Gasteiger partial charge < -0.3 is 11.1 Å². The first-order chi connectivity index (χ1) is 6.02. The maximum atomic E-state index is 5.62. The van der Waals surface area contributed by atoms with Crippen molar-refractivity contribution in [3.63, 3.8) is 0 Å². The molecule has 0 aromatic carbocycles. The third-order valence-electron chi connectivity index (χ3n) is 1.01. The summed E-state index contributed by atoms with van der Waals surface area (Å²) in [4.78, 5) is 7.34. The highest BCUT2D eigenvalue weighted by Gasteiger charge is 2.16. The minimum atomic E-state index is -0.565. The highest BCUT2D eigenvalue weighted by atomic mass is 35.5. The largest absolute Gasteiger partial charge is 0.368 e. The van der Waals surface area contributed by atoms with Crippen molar-refractivity contribution in [3.05, 3.63) is 12.2 Å². The van der Waals surface area contributed by atoms with Crippen molar-refractivity contribution in [1.29, 1.82) is 0 Å². The summed E-state index contributed by atoms with van der Waals surface area (Å²) in [5, 5.41) is 2.98. The van der Waals surface area contributed by atoms with Crippen molar-refractivity contribution >= 4 is 34.3 Å². The smallest absolute Gasteiger partial charge is 0.218 e. The topological polar surface area (TPSA) is 62.8 Å². The first-order valence-corrected chi connectivity index (χ1v) is 4.33. The Hall–Kier alpha value is -0.580. The Balaban J connectivity index is 0.000000424. The van der Waals surface area contributed by atoms with Crippen molar-refractivity contribution in [2.75, 3.05) is 14.1 Å². The van der Waals surface area contributed by atoms with Crippen LogP contribution in [0.25, 0.3) is 0 Å². The molecule has 13 heavy (non-hydrogen) atoms. The predicted molar refractivity (Wildman–Crippen MR) is 58.7 cm³/mol. The summed E-state index contributed by atoms with van der Waals surface area (Å²) >= 11 is 11.2. The third kappa shape index (κ3) is 4.26. The second kappa shape index (κ2) is 5.96. The molecule has 3 N–H and O–H groups in total. The molecule has 6 heteroatoms. The normalized spacial score (nSPS) is 21.2. The van der Waals surface area contributed by atoms with Gasteiger partial charge in [-0.25, -0.2) is 9.98 Å². The predicted octanol–water partition coefficient (Wildman–Crippen LogP) is 0.909. The Bertz CT molecular complexity index is 247. The number of hydrogen-bond acceptors (Lipinski definition) is 4. The Kier molecular flexibility index (Phi) is 5.70. The lowest BCUT2D eigenvalue weighted by molar-refractivity contribution is 1.02. The fourth-order valence-corrected chi connectivity index (χ4v) is 0.943. The van der Waals surface area contributed by atoms with Crippen molar-refractivity contribution in [1.82, 2.24) is 5.32 Å². The van der Waals surface area contributed by atoms with Gasteiger partial charge in [-0.3, -0.25) is 0 Å². The summed E-state index contributed by atoms with van der Waals surface area (Å²) in [5.74, 6) is 0.0948. The lowest BCUT2D eigenvalue weighted by atomic mass is 10.3. The third-order valence-corrected chi connectivity index (χ3v) is 1.70. The highest BCUT2D eigenvalue weighted by Crippen LogP contribution is 2.17. The molecule has 1 aliphatic heterocycles. The molecule has 1 aliphatic rings. The number of aliphatic imine (C=N–C) groups is 2. The van der Waals surface area contributed by atoms with Crippen molar-refractivity contribution < 1.29 is 0 Å². The molecule has 0 saturated carbocycles. The molecule has 0 bridgehead atoms. The number of rotatable bonds is 0. The van der Waals surface area contributed by atoms with Crippen LogP contribution in [0, 0.1) is 0 Å². The van der Waals surface area contributed by atoms with E-state index in [1.807, 2.05) is 14.1 Å². The van der Waals surface area contributed by atoms with Gasteiger partial charge in [-0.05, 0) is 14.1 Å². The molecule has 0 spiro atoms. The fraction of sp³-hybridized carbons (Fsp3) is 0.429. The fourth-order valence-electron chi connectivity index (χ4n) is 0.494. The maximum Gasteiger partial charge on any atom is 0.218 e. The summed E-state index contributed by atoms with van der Waals surface area (Å²) in [5.41, 5.74) is 5.15. The monoisotopic (exact) mass is 222 g/mol. The molecule has 1 unspecified atom stereocenters. The van der Waals surface area contributed by atoms with E-state index in [1.165, 1.54) is 0 Å². The van der Waals surface area contributed by atoms with Crippen LogP contribution in [0.1, 0.15) is 0 Å². The van der Waals surface area contributed by atoms with Crippen LogP contribution in [0.15, 0.2) is 22.1 Å². The zero-order valence-corrected chi connectivity index (χ0v) is 9.02. The van der Waals surface area contributed by atoms with Gasteiger partial charge in [0.1, 0.15) is 5.17 Å². The average molecular weight is 223 g/mol. The molecular weight excluding hydrogens is 211 g/mol.